The van der Waals surface area contributed by atoms with Gasteiger partial charge in [-0.15, -0.1) is 0 Å². The molecule has 1 aromatic carbocycles. The third kappa shape index (κ3) is 2.40. The molecule has 1 aliphatic heterocycles. The first-order chi connectivity index (χ1) is 8.63. The fraction of sp³-hybridized carbons (Fsp3) is 0.400. The van der Waals surface area contributed by atoms with E-state index < -0.39 is 5.97 Å². The fourth-order valence-electron chi connectivity index (χ4n) is 2.43. The molecule has 0 fully saturated rings. The Morgan fingerprint density at radius 3 is 2.89 bits per heavy atom. The Morgan fingerprint density at radius 2 is 2.22 bits per heavy atom. The van der Waals surface area contributed by atoms with Crippen LogP contribution in [0.2, 0.25) is 0 Å². The maximum atomic E-state index is 11.3. The lowest BCUT2D eigenvalue weighted by atomic mass is 9.89. The predicted octanol–water partition coefficient (Wildman–Crippen LogP) is 3.03. The Morgan fingerprint density at radius 1 is 1.50 bits per heavy atom. The number of anilines is 1. The molecule has 18 heavy (non-hydrogen) atoms. The van der Waals surface area contributed by atoms with E-state index in [0.717, 1.165) is 30.8 Å². The maximum absolute atomic E-state index is 11.3. The third-order valence-electron chi connectivity index (χ3n) is 3.55. The number of para-hydroxylation sites is 1. The Bertz CT molecular complexity index is 467. The van der Waals surface area contributed by atoms with Crippen molar-refractivity contribution in [1.82, 2.24) is 0 Å². The molecule has 0 spiro atoms. The lowest BCUT2D eigenvalue weighted by Crippen LogP contribution is -2.34. The molecule has 0 bridgehead atoms. The number of carboxylic acid groups (broad SMARTS) is 1. The van der Waals surface area contributed by atoms with Gasteiger partial charge in [0.1, 0.15) is 0 Å². The van der Waals surface area contributed by atoms with Crippen LogP contribution in [0.4, 0.5) is 5.69 Å². The van der Waals surface area contributed by atoms with Crippen LogP contribution >= 0.6 is 0 Å². The minimum absolute atomic E-state index is 0.368. The molecule has 0 aromatic heterocycles. The summed E-state index contributed by atoms with van der Waals surface area (Å²) < 4.78 is 0. The minimum atomic E-state index is -0.726. The molecule has 0 saturated carbocycles. The van der Waals surface area contributed by atoms with E-state index in [1.54, 1.807) is 0 Å². The van der Waals surface area contributed by atoms with Gasteiger partial charge in [0.05, 0.1) is 5.92 Å². The zero-order valence-corrected chi connectivity index (χ0v) is 10.7. The van der Waals surface area contributed by atoms with Crippen LogP contribution in [0.3, 0.4) is 0 Å². The van der Waals surface area contributed by atoms with Crippen LogP contribution in [-0.2, 0) is 4.79 Å². The lowest BCUT2D eigenvalue weighted by molar-refractivity contribution is -0.139. The monoisotopic (exact) mass is 245 g/mol. The van der Waals surface area contributed by atoms with Gasteiger partial charge in [-0.3, -0.25) is 4.79 Å². The second kappa shape index (κ2) is 5.25. The highest BCUT2D eigenvalue weighted by molar-refractivity contribution is 5.80. The summed E-state index contributed by atoms with van der Waals surface area (Å²) in [6.45, 7) is 7.74. The summed E-state index contributed by atoms with van der Waals surface area (Å²) in [6, 6.07) is 7.81. The van der Waals surface area contributed by atoms with Crippen molar-refractivity contribution in [1.29, 1.82) is 0 Å². The van der Waals surface area contributed by atoms with Gasteiger partial charge in [-0.25, -0.2) is 0 Å². The van der Waals surface area contributed by atoms with E-state index in [-0.39, 0.29) is 5.92 Å². The molecule has 1 aliphatic rings. The zero-order chi connectivity index (χ0) is 13.1. The van der Waals surface area contributed by atoms with E-state index >= 15 is 0 Å². The van der Waals surface area contributed by atoms with Crippen LogP contribution in [0.25, 0.3) is 0 Å². The molecule has 0 radical (unpaired) electrons. The van der Waals surface area contributed by atoms with Gasteiger partial charge in [-0.1, -0.05) is 37.3 Å². The minimum Gasteiger partial charge on any atom is -0.481 e. The molecular formula is C15H19NO2. The average Bonchev–Trinajstić information content (AvgIpc) is 2.38. The van der Waals surface area contributed by atoms with Crippen molar-refractivity contribution in [3.8, 4) is 0 Å². The van der Waals surface area contributed by atoms with Crippen molar-refractivity contribution in [2.75, 3.05) is 18.0 Å². The number of carboxylic acids is 1. The number of hydrogen-bond donors (Lipinski definition) is 1. The van der Waals surface area contributed by atoms with Crippen LogP contribution in [0.5, 0.6) is 0 Å². The number of fused-ring (bicyclic) bond motifs is 1. The second-order valence-electron chi connectivity index (χ2n) is 4.76. The van der Waals surface area contributed by atoms with Crippen molar-refractivity contribution in [2.24, 2.45) is 0 Å². The van der Waals surface area contributed by atoms with E-state index in [2.05, 4.69) is 18.4 Å². The van der Waals surface area contributed by atoms with Crippen LogP contribution in [0.15, 0.2) is 36.4 Å². The Hall–Kier alpha value is -1.77. The summed E-state index contributed by atoms with van der Waals surface area (Å²) in [5, 5.41) is 9.26. The number of hydrogen-bond acceptors (Lipinski definition) is 2. The van der Waals surface area contributed by atoms with Gasteiger partial charge in [-0.2, -0.15) is 0 Å². The summed E-state index contributed by atoms with van der Waals surface area (Å²) in [5.41, 5.74) is 3.16. The number of aliphatic carboxylic acids is 1. The van der Waals surface area contributed by atoms with Gasteiger partial charge >= 0.3 is 5.97 Å². The molecule has 0 amide bonds. The molecule has 2 rings (SSSR count). The van der Waals surface area contributed by atoms with Crippen LogP contribution in [-0.4, -0.2) is 24.2 Å². The standard InChI is InChI=1S/C15H19NO2/c1-3-11(2)10-16-9-8-13(15(17)18)12-6-4-5-7-14(12)16/h4-7,13H,2-3,8-10H2,1H3,(H,17,18). The molecule has 1 aromatic rings. The Labute approximate surface area is 108 Å². The smallest absolute Gasteiger partial charge is 0.311 e. The summed E-state index contributed by atoms with van der Waals surface area (Å²) in [4.78, 5) is 13.5. The van der Waals surface area contributed by atoms with Crippen LogP contribution in [0, 0.1) is 0 Å². The molecule has 3 nitrogen and oxygen atoms in total. The van der Waals surface area contributed by atoms with Gasteiger partial charge < -0.3 is 10.0 Å². The Kier molecular flexibility index (Phi) is 3.70. The fourth-order valence-corrected chi connectivity index (χ4v) is 2.43. The van der Waals surface area contributed by atoms with Crippen molar-refractivity contribution in [3.05, 3.63) is 42.0 Å². The maximum Gasteiger partial charge on any atom is 0.311 e. The van der Waals surface area contributed by atoms with Crippen molar-refractivity contribution in [3.63, 3.8) is 0 Å². The molecule has 0 aliphatic carbocycles. The van der Waals surface area contributed by atoms with Crippen LogP contribution < -0.4 is 4.90 Å². The molecule has 1 N–H and O–H groups in total. The average molecular weight is 245 g/mol. The molecule has 1 unspecified atom stereocenters. The first kappa shape index (κ1) is 12.7. The first-order valence-corrected chi connectivity index (χ1v) is 6.36. The van der Waals surface area contributed by atoms with Gasteiger partial charge in [0, 0.05) is 18.8 Å². The summed E-state index contributed by atoms with van der Waals surface area (Å²) in [5.74, 6) is -1.09. The predicted molar refractivity (Wildman–Crippen MR) is 73.1 cm³/mol. The molecular weight excluding hydrogens is 226 g/mol. The van der Waals surface area contributed by atoms with Crippen LogP contribution in [0.1, 0.15) is 31.2 Å². The van der Waals surface area contributed by atoms with Crippen molar-refractivity contribution >= 4 is 11.7 Å². The van der Waals surface area contributed by atoms with E-state index in [9.17, 15) is 9.90 Å². The normalized spacial score (nSPS) is 18.3. The molecule has 3 heteroatoms. The topological polar surface area (TPSA) is 40.5 Å². The van der Waals surface area contributed by atoms with Crippen molar-refractivity contribution < 1.29 is 9.90 Å². The van der Waals surface area contributed by atoms with E-state index in [1.807, 2.05) is 24.3 Å². The number of nitrogens with zero attached hydrogens (tertiary/aromatic N) is 1. The van der Waals surface area contributed by atoms with Gasteiger partial charge in [0.2, 0.25) is 0 Å². The van der Waals surface area contributed by atoms with E-state index in [0.29, 0.717) is 6.42 Å². The highest BCUT2D eigenvalue weighted by Gasteiger charge is 2.29. The lowest BCUT2D eigenvalue weighted by Gasteiger charge is -2.34. The highest BCUT2D eigenvalue weighted by Crippen LogP contribution is 2.35. The Balaban J connectivity index is 2.30. The highest BCUT2D eigenvalue weighted by atomic mass is 16.4. The second-order valence-corrected chi connectivity index (χ2v) is 4.76. The summed E-state index contributed by atoms with van der Waals surface area (Å²) in [7, 11) is 0. The quantitative estimate of drug-likeness (QED) is 0.829. The number of carbonyl (C=O) groups is 1. The molecule has 1 heterocycles. The molecule has 1 atom stereocenters. The van der Waals surface area contributed by atoms with Crippen molar-refractivity contribution in [2.45, 2.75) is 25.7 Å². The number of rotatable bonds is 4. The van der Waals surface area contributed by atoms with E-state index in [4.69, 9.17) is 0 Å². The van der Waals surface area contributed by atoms with Gasteiger partial charge in [0.25, 0.3) is 0 Å². The third-order valence-corrected chi connectivity index (χ3v) is 3.55. The molecule has 0 saturated heterocycles. The first-order valence-electron chi connectivity index (χ1n) is 6.36. The zero-order valence-electron chi connectivity index (χ0n) is 10.7. The van der Waals surface area contributed by atoms with E-state index in [1.165, 1.54) is 5.57 Å². The number of benzene rings is 1. The summed E-state index contributed by atoms with van der Waals surface area (Å²) >= 11 is 0. The summed E-state index contributed by atoms with van der Waals surface area (Å²) in [6.07, 6.45) is 1.63. The van der Waals surface area contributed by atoms with Gasteiger partial charge in [-0.05, 0) is 24.5 Å². The van der Waals surface area contributed by atoms with Gasteiger partial charge in [0.15, 0.2) is 0 Å². The SMILES string of the molecule is C=C(CC)CN1CCC(C(=O)O)c2ccccc21. The largest absolute Gasteiger partial charge is 0.481 e. The molecule has 96 valence electrons.